The normalized spacial score (nSPS) is 17.2. The Morgan fingerprint density at radius 1 is 0.971 bits per heavy atom. The Kier molecular flexibility index (Phi) is 5.42. The fourth-order valence-corrected chi connectivity index (χ4v) is 5.89. The van der Waals surface area contributed by atoms with Crippen LogP contribution >= 0.6 is 0 Å². The first-order chi connectivity index (χ1) is 16.7. The number of imide groups is 1. The molecule has 0 atom stereocenters. The van der Waals surface area contributed by atoms with Gasteiger partial charge < -0.3 is 4.57 Å². The van der Waals surface area contributed by atoms with Gasteiger partial charge in [-0.2, -0.15) is 0 Å². The zero-order valence-electron chi connectivity index (χ0n) is 20.6. The van der Waals surface area contributed by atoms with E-state index in [1.165, 1.54) is 0 Å². The Morgan fingerprint density at radius 3 is 2.29 bits per heavy atom. The largest absolute Gasteiger partial charge is 0.311 e. The van der Waals surface area contributed by atoms with E-state index >= 15 is 0 Å². The second kappa shape index (κ2) is 8.22. The third-order valence-corrected chi connectivity index (χ3v) is 7.83. The topological polar surface area (TPSA) is 86.3 Å². The zero-order chi connectivity index (χ0) is 25.1. The molecule has 1 aliphatic carbocycles. The summed E-state index contributed by atoms with van der Waals surface area (Å²) in [6.07, 6.45) is 3.54. The van der Waals surface area contributed by atoms with Crippen LogP contribution in [0.5, 0.6) is 0 Å². The quantitative estimate of drug-likeness (QED) is 0.419. The molecule has 182 valence electrons. The number of ketones is 1. The molecule has 5 rings (SSSR count). The first kappa shape index (κ1) is 23.1. The molecule has 8 nitrogen and oxygen atoms in total. The van der Waals surface area contributed by atoms with Crippen LogP contribution in [0.1, 0.15) is 59.5 Å². The third kappa shape index (κ3) is 3.42. The summed E-state index contributed by atoms with van der Waals surface area (Å²) < 4.78 is 5.21. The van der Waals surface area contributed by atoms with Gasteiger partial charge in [0.2, 0.25) is 11.8 Å². The number of carbonyl (C=O) groups excluding carboxylic acids is 3. The Bertz CT molecular complexity index is 1420. The van der Waals surface area contributed by atoms with E-state index in [1.54, 1.807) is 26.9 Å². The Labute approximate surface area is 203 Å². The fraction of sp³-hybridized carbons (Fsp3) is 0.407. The molecular weight excluding hydrogens is 444 g/mol. The van der Waals surface area contributed by atoms with Gasteiger partial charge in [-0.1, -0.05) is 31.0 Å². The smallest absolute Gasteiger partial charge is 0.295 e. The third-order valence-electron chi connectivity index (χ3n) is 7.83. The van der Waals surface area contributed by atoms with Crippen molar-refractivity contribution in [3.05, 3.63) is 69.4 Å². The highest BCUT2D eigenvalue weighted by molar-refractivity contribution is 6.10. The molecule has 1 aliphatic heterocycles. The van der Waals surface area contributed by atoms with Gasteiger partial charge in [0.25, 0.3) is 5.56 Å². The van der Waals surface area contributed by atoms with Crippen molar-refractivity contribution >= 4 is 17.6 Å². The van der Waals surface area contributed by atoms with Crippen molar-refractivity contribution in [1.29, 1.82) is 0 Å². The molecule has 2 aliphatic rings. The van der Waals surface area contributed by atoms with E-state index in [1.807, 2.05) is 51.2 Å². The van der Waals surface area contributed by atoms with Crippen molar-refractivity contribution in [2.75, 3.05) is 6.54 Å². The van der Waals surface area contributed by atoms with Crippen LogP contribution in [0, 0.1) is 26.2 Å². The van der Waals surface area contributed by atoms with E-state index in [0.717, 1.165) is 47.7 Å². The van der Waals surface area contributed by atoms with Gasteiger partial charge in [-0.15, -0.1) is 0 Å². The number of hydrogen-bond donors (Lipinski definition) is 0. The van der Waals surface area contributed by atoms with Crippen molar-refractivity contribution in [1.82, 2.24) is 18.8 Å². The number of hydrogen-bond acceptors (Lipinski definition) is 4. The number of para-hydroxylation sites is 1. The summed E-state index contributed by atoms with van der Waals surface area (Å²) in [5.74, 6) is -0.756. The van der Waals surface area contributed by atoms with E-state index in [9.17, 15) is 19.2 Å². The van der Waals surface area contributed by atoms with Gasteiger partial charge in [-0.05, 0) is 51.8 Å². The minimum absolute atomic E-state index is 0.190. The van der Waals surface area contributed by atoms with Crippen LogP contribution in [0.15, 0.2) is 41.2 Å². The standard InChI is InChI=1S/C27H30N4O4/c1-17-14-21(22(32)16-29-23(33)15-27(26(29)35)12-8-9-13-27)18(2)30(17)24-19(3)28(4)31(25(24)34)20-10-6-5-7-11-20/h5-7,10-11,14H,8-9,12-13,15-16H2,1-4H3. The van der Waals surface area contributed by atoms with E-state index in [2.05, 4.69) is 0 Å². The summed E-state index contributed by atoms with van der Waals surface area (Å²) in [6, 6.07) is 11.1. The molecule has 2 amide bonds. The first-order valence-corrected chi connectivity index (χ1v) is 12.1. The summed E-state index contributed by atoms with van der Waals surface area (Å²) in [5, 5.41) is 0. The Morgan fingerprint density at radius 2 is 1.63 bits per heavy atom. The Balaban J connectivity index is 1.50. The van der Waals surface area contributed by atoms with Gasteiger partial charge in [0.15, 0.2) is 5.78 Å². The van der Waals surface area contributed by atoms with Gasteiger partial charge in [-0.3, -0.25) is 28.8 Å². The van der Waals surface area contributed by atoms with E-state index in [-0.39, 0.29) is 36.1 Å². The van der Waals surface area contributed by atoms with Gasteiger partial charge >= 0.3 is 0 Å². The van der Waals surface area contributed by atoms with Gasteiger partial charge in [-0.25, -0.2) is 4.68 Å². The second-order valence-corrected chi connectivity index (χ2v) is 9.90. The molecular formula is C27H30N4O4. The predicted octanol–water partition coefficient (Wildman–Crippen LogP) is 3.39. The molecule has 0 radical (unpaired) electrons. The predicted molar refractivity (Wildman–Crippen MR) is 131 cm³/mol. The van der Waals surface area contributed by atoms with Crippen LogP contribution in [-0.2, 0) is 16.6 Å². The molecule has 35 heavy (non-hydrogen) atoms. The summed E-state index contributed by atoms with van der Waals surface area (Å²) in [6.45, 7) is 5.26. The minimum atomic E-state index is -0.599. The van der Waals surface area contributed by atoms with Crippen LogP contribution in [0.2, 0.25) is 0 Å². The van der Waals surface area contributed by atoms with Gasteiger partial charge in [0.05, 0.1) is 23.3 Å². The van der Waals surface area contributed by atoms with Crippen LogP contribution in [0.25, 0.3) is 11.4 Å². The van der Waals surface area contributed by atoms with Crippen LogP contribution in [0.3, 0.4) is 0 Å². The maximum absolute atomic E-state index is 13.5. The molecule has 2 aromatic heterocycles. The molecule has 1 saturated carbocycles. The van der Waals surface area contributed by atoms with Crippen molar-refractivity contribution in [3.8, 4) is 11.4 Å². The first-order valence-electron chi connectivity index (χ1n) is 12.1. The number of rotatable bonds is 5. The van der Waals surface area contributed by atoms with Crippen molar-refractivity contribution in [3.63, 3.8) is 0 Å². The maximum Gasteiger partial charge on any atom is 0.295 e. The highest BCUT2D eigenvalue weighted by atomic mass is 16.2. The van der Waals surface area contributed by atoms with Gasteiger partial charge in [0, 0.05) is 30.4 Å². The number of benzene rings is 1. The van der Waals surface area contributed by atoms with Crippen molar-refractivity contribution in [2.45, 2.75) is 52.9 Å². The lowest BCUT2D eigenvalue weighted by atomic mass is 9.84. The number of aryl methyl sites for hydroxylation is 1. The number of aromatic nitrogens is 3. The fourth-order valence-electron chi connectivity index (χ4n) is 5.89. The molecule has 0 unspecified atom stereocenters. The maximum atomic E-state index is 13.5. The lowest BCUT2D eigenvalue weighted by Gasteiger charge is -2.20. The highest BCUT2D eigenvalue weighted by Gasteiger charge is 2.52. The van der Waals surface area contributed by atoms with Crippen LogP contribution in [0.4, 0.5) is 0 Å². The molecule has 3 heterocycles. The summed E-state index contributed by atoms with van der Waals surface area (Å²) in [5.41, 5.74) is 2.97. The molecule has 1 spiro atoms. The van der Waals surface area contributed by atoms with Crippen LogP contribution in [-0.4, -0.2) is 43.0 Å². The van der Waals surface area contributed by atoms with Gasteiger partial charge in [0.1, 0.15) is 5.69 Å². The SMILES string of the molecule is Cc1cc(C(=O)CN2C(=O)CC3(CCCC3)C2=O)c(C)n1-c1c(C)n(C)n(-c2ccccc2)c1=O. The van der Waals surface area contributed by atoms with E-state index in [0.29, 0.717) is 16.9 Å². The van der Waals surface area contributed by atoms with Crippen LogP contribution < -0.4 is 5.56 Å². The molecule has 1 saturated heterocycles. The number of amides is 2. The highest BCUT2D eigenvalue weighted by Crippen LogP contribution is 2.46. The average molecular weight is 475 g/mol. The molecule has 1 aromatic carbocycles. The lowest BCUT2D eigenvalue weighted by molar-refractivity contribution is -0.140. The molecule has 2 fully saturated rings. The molecule has 0 N–H and O–H groups in total. The summed E-state index contributed by atoms with van der Waals surface area (Å²) >= 11 is 0. The van der Waals surface area contributed by atoms with Crippen molar-refractivity contribution in [2.24, 2.45) is 12.5 Å². The molecule has 8 heteroatoms. The minimum Gasteiger partial charge on any atom is -0.311 e. The molecule has 0 bridgehead atoms. The lowest BCUT2D eigenvalue weighted by Crippen LogP contribution is -2.38. The number of nitrogens with zero attached hydrogens (tertiary/aromatic N) is 4. The Hall–Kier alpha value is -3.68. The van der Waals surface area contributed by atoms with E-state index in [4.69, 9.17) is 0 Å². The number of carbonyl (C=O) groups is 3. The average Bonchev–Trinajstić information content (AvgIpc) is 3.53. The van der Waals surface area contributed by atoms with E-state index < -0.39 is 5.41 Å². The number of Topliss-reactive ketones (excluding diaryl/α,β-unsaturated/α-hetero) is 1. The zero-order valence-corrected chi connectivity index (χ0v) is 20.6. The van der Waals surface area contributed by atoms with Crippen molar-refractivity contribution < 1.29 is 14.4 Å². The second-order valence-electron chi connectivity index (χ2n) is 9.90. The monoisotopic (exact) mass is 474 g/mol. The summed E-state index contributed by atoms with van der Waals surface area (Å²) in [7, 11) is 1.83. The molecule has 3 aromatic rings. The number of likely N-dealkylation sites (tertiary alicyclic amines) is 1. The summed E-state index contributed by atoms with van der Waals surface area (Å²) in [4.78, 5) is 53.7.